The summed E-state index contributed by atoms with van der Waals surface area (Å²) in [5.41, 5.74) is 3.21. The van der Waals surface area contributed by atoms with Gasteiger partial charge in [0.15, 0.2) is 0 Å². The lowest BCUT2D eigenvalue weighted by Crippen LogP contribution is -2.47. The first-order chi connectivity index (χ1) is 13.0. The second-order valence-electron chi connectivity index (χ2n) is 8.45. The van der Waals surface area contributed by atoms with Gasteiger partial charge in [-0.15, -0.1) is 0 Å². The Morgan fingerprint density at radius 3 is 2.41 bits per heavy atom. The van der Waals surface area contributed by atoms with E-state index < -0.39 is 0 Å². The highest BCUT2D eigenvalue weighted by atomic mass is 16.2. The summed E-state index contributed by atoms with van der Waals surface area (Å²) in [6.45, 7) is 7.19. The molecule has 4 nitrogen and oxygen atoms in total. The third kappa shape index (κ3) is 4.72. The van der Waals surface area contributed by atoms with E-state index in [4.69, 9.17) is 0 Å². The molecule has 0 aromatic heterocycles. The van der Waals surface area contributed by atoms with Crippen LogP contribution in [0.3, 0.4) is 0 Å². The van der Waals surface area contributed by atoms with Crippen LogP contribution in [0.2, 0.25) is 0 Å². The van der Waals surface area contributed by atoms with Crippen LogP contribution < -0.4 is 5.32 Å². The van der Waals surface area contributed by atoms with Crippen molar-refractivity contribution >= 4 is 17.5 Å². The molecule has 148 valence electrons. The van der Waals surface area contributed by atoms with E-state index in [1.54, 1.807) is 0 Å². The van der Waals surface area contributed by atoms with Crippen LogP contribution in [0.15, 0.2) is 18.2 Å². The summed E-state index contributed by atoms with van der Waals surface area (Å²) < 4.78 is 0. The molecule has 1 heterocycles. The van der Waals surface area contributed by atoms with E-state index >= 15 is 0 Å². The number of nitrogens with zero attached hydrogens (tertiary/aromatic N) is 1. The monoisotopic (exact) mass is 370 g/mol. The van der Waals surface area contributed by atoms with Crippen molar-refractivity contribution in [2.75, 3.05) is 11.9 Å². The number of anilines is 1. The summed E-state index contributed by atoms with van der Waals surface area (Å²) in [6.07, 6.45) is 7.90. The molecule has 1 N–H and O–H groups in total. The molecular weight excluding hydrogens is 336 g/mol. The molecule has 0 spiro atoms. The summed E-state index contributed by atoms with van der Waals surface area (Å²) in [6, 6.07) is 6.53. The van der Waals surface area contributed by atoms with E-state index in [1.807, 2.05) is 19.1 Å². The number of benzene rings is 1. The molecule has 1 aliphatic heterocycles. The third-order valence-electron chi connectivity index (χ3n) is 6.47. The van der Waals surface area contributed by atoms with Crippen LogP contribution in [0, 0.1) is 25.7 Å². The Kier molecular flexibility index (Phi) is 6.56. The molecule has 1 aromatic rings. The van der Waals surface area contributed by atoms with E-state index in [2.05, 4.69) is 30.1 Å². The fraction of sp³-hybridized carbons (Fsp3) is 0.652. The average Bonchev–Trinajstić information content (AvgIpc) is 2.69. The first kappa shape index (κ1) is 19.9. The van der Waals surface area contributed by atoms with Gasteiger partial charge in [0.25, 0.3) is 0 Å². The molecule has 1 saturated carbocycles. The van der Waals surface area contributed by atoms with E-state index in [0.29, 0.717) is 11.9 Å². The molecular formula is C23H34N2O2. The predicted molar refractivity (Wildman–Crippen MR) is 110 cm³/mol. The molecule has 1 aliphatic carbocycles. The number of likely N-dealkylation sites (tertiary alicyclic amines) is 1. The molecule has 27 heavy (non-hydrogen) atoms. The summed E-state index contributed by atoms with van der Waals surface area (Å²) in [5, 5.41) is 3.10. The molecule has 1 unspecified atom stereocenters. The molecule has 2 fully saturated rings. The number of carbonyl (C=O) groups is 2. The van der Waals surface area contributed by atoms with Gasteiger partial charge >= 0.3 is 0 Å². The van der Waals surface area contributed by atoms with Crippen LogP contribution in [0.25, 0.3) is 0 Å². The predicted octanol–water partition coefficient (Wildman–Crippen LogP) is 4.84. The second-order valence-corrected chi connectivity index (χ2v) is 8.45. The number of rotatable bonds is 4. The summed E-state index contributed by atoms with van der Waals surface area (Å²) in [4.78, 5) is 27.8. The standard InChI is InChI=1S/C23H34N2O2/c1-4-20-7-5-6-14-25(20)23(27)19-11-9-18(10-12-19)22(26)24-21-13-8-16(2)15-17(21)3/h8,13,15,18-20H,4-7,9-12,14H2,1-3H3,(H,24,26). The maximum absolute atomic E-state index is 13.0. The molecule has 2 aliphatic rings. The highest BCUT2D eigenvalue weighted by Crippen LogP contribution is 2.33. The number of carbonyl (C=O) groups excluding carboxylic acids is 2. The highest BCUT2D eigenvalue weighted by molar-refractivity contribution is 5.93. The van der Waals surface area contributed by atoms with Crippen LogP contribution >= 0.6 is 0 Å². The molecule has 2 amide bonds. The summed E-state index contributed by atoms with van der Waals surface area (Å²) in [7, 11) is 0. The largest absolute Gasteiger partial charge is 0.339 e. The topological polar surface area (TPSA) is 49.4 Å². The SMILES string of the molecule is CCC1CCCCN1C(=O)C1CCC(C(=O)Nc2ccc(C)cc2C)CC1. The fourth-order valence-electron chi connectivity index (χ4n) is 4.74. The Hall–Kier alpha value is -1.84. The Labute approximate surface area is 163 Å². The Morgan fingerprint density at radius 1 is 1.04 bits per heavy atom. The van der Waals surface area contributed by atoms with Crippen molar-refractivity contribution in [1.29, 1.82) is 0 Å². The maximum atomic E-state index is 13.0. The molecule has 0 radical (unpaired) electrons. The zero-order valence-corrected chi connectivity index (χ0v) is 17.1. The fourth-order valence-corrected chi connectivity index (χ4v) is 4.74. The van der Waals surface area contributed by atoms with Crippen LogP contribution in [-0.2, 0) is 9.59 Å². The van der Waals surface area contributed by atoms with Crippen LogP contribution in [0.5, 0.6) is 0 Å². The Balaban J connectivity index is 1.53. The van der Waals surface area contributed by atoms with Crippen LogP contribution in [-0.4, -0.2) is 29.3 Å². The summed E-state index contributed by atoms with van der Waals surface area (Å²) >= 11 is 0. The quantitative estimate of drug-likeness (QED) is 0.824. The van der Waals surface area contributed by atoms with E-state index in [0.717, 1.165) is 62.7 Å². The van der Waals surface area contributed by atoms with E-state index in [-0.39, 0.29) is 17.7 Å². The minimum Gasteiger partial charge on any atom is -0.339 e. The first-order valence-electron chi connectivity index (χ1n) is 10.7. The number of nitrogens with one attached hydrogen (secondary N) is 1. The zero-order chi connectivity index (χ0) is 19.4. The number of piperidine rings is 1. The molecule has 4 heteroatoms. The first-order valence-corrected chi connectivity index (χ1v) is 10.7. The Morgan fingerprint density at radius 2 is 1.74 bits per heavy atom. The van der Waals surface area contributed by atoms with Gasteiger partial charge in [0, 0.05) is 30.1 Å². The number of aryl methyl sites for hydroxylation is 2. The van der Waals surface area contributed by atoms with Crippen molar-refractivity contribution in [3.63, 3.8) is 0 Å². The molecule has 0 bridgehead atoms. The summed E-state index contributed by atoms with van der Waals surface area (Å²) in [5.74, 6) is 0.590. The van der Waals surface area contributed by atoms with Gasteiger partial charge in [0.05, 0.1) is 0 Å². The molecule has 1 aromatic carbocycles. The average molecular weight is 371 g/mol. The number of amides is 2. The normalized spacial score (nSPS) is 25.9. The lowest BCUT2D eigenvalue weighted by molar-refractivity contribution is -0.141. The van der Waals surface area contributed by atoms with Gasteiger partial charge in [-0.2, -0.15) is 0 Å². The maximum Gasteiger partial charge on any atom is 0.227 e. The van der Waals surface area contributed by atoms with Crippen molar-refractivity contribution in [2.45, 2.75) is 78.2 Å². The van der Waals surface area contributed by atoms with Gasteiger partial charge in [-0.3, -0.25) is 9.59 Å². The lowest BCUT2D eigenvalue weighted by atomic mass is 9.80. The molecule has 1 atom stereocenters. The van der Waals surface area contributed by atoms with Gasteiger partial charge in [0.1, 0.15) is 0 Å². The zero-order valence-electron chi connectivity index (χ0n) is 17.1. The van der Waals surface area contributed by atoms with Crippen LogP contribution in [0.4, 0.5) is 5.69 Å². The van der Waals surface area contributed by atoms with Gasteiger partial charge in [-0.05, 0) is 76.8 Å². The smallest absolute Gasteiger partial charge is 0.227 e. The number of hydrogen-bond acceptors (Lipinski definition) is 2. The van der Waals surface area contributed by atoms with Crippen molar-refractivity contribution < 1.29 is 9.59 Å². The minimum absolute atomic E-state index is 0.0260. The minimum atomic E-state index is 0.0260. The molecule has 1 saturated heterocycles. The van der Waals surface area contributed by atoms with E-state index in [9.17, 15) is 9.59 Å². The van der Waals surface area contributed by atoms with Crippen molar-refractivity contribution in [1.82, 2.24) is 4.90 Å². The van der Waals surface area contributed by atoms with Crippen LogP contribution in [0.1, 0.15) is 69.4 Å². The van der Waals surface area contributed by atoms with Crippen molar-refractivity contribution in [3.8, 4) is 0 Å². The van der Waals surface area contributed by atoms with Crippen molar-refractivity contribution in [3.05, 3.63) is 29.3 Å². The van der Waals surface area contributed by atoms with Gasteiger partial charge in [0.2, 0.25) is 11.8 Å². The van der Waals surface area contributed by atoms with Crippen molar-refractivity contribution in [2.24, 2.45) is 11.8 Å². The highest BCUT2D eigenvalue weighted by Gasteiger charge is 2.34. The second kappa shape index (κ2) is 8.90. The number of hydrogen-bond donors (Lipinski definition) is 1. The Bertz CT molecular complexity index is 677. The van der Waals surface area contributed by atoms with Gasteiger partial charge in [-0.25, -0.2) is 0 Å². The van der Waals surface area contributed by atoms with Gasteiger partial charge in [-0.1, -0.05) is 24.6 Å². The van der Waals surface area contributed by atoms with E-state index in [1.165, 1.54) is 12.0 Å². The lowest BCUT2D eigenvalue weighted by Gasteiger charge is -2.39. The molecule has 3 rings (SSSR count). The van der Waals surface area contributed by atoms with Gasteiger partial charge < -0.3 is 10.2 Å². The third-order valence-corrected chi connectivity index (χ3v) is 6.47.